The molecule has 0 bridgehead atoms. The number of rotatable bonds is 9. The molecule has 7 heteroatoms. The van der Waals surface area contributed by atoms with E-state index in [0.29, 0.717) is 19.6 Å². The average molecular weight is 385 g/mol. The van der Waals surface area contributed by atoms with Gasteiger partial charge in [0.05, 0.1) is 29.6 Å². The zero-order valence-corrected chi connectivity index (χ0v) is 16.1. The summed E-state index contributed by atoms with van der Waals surface area (Å²) in [5.74, 6) is 0.449. The molecule has 27 heavy (non-hydrogen) atoms. The van der Waals surface area contributed by atoms with Crippen molar-refractivity contribution in [3.63, 3.8) is 0 Å². The van der Waals surface area contributed by atoms with Gasteiger partial charge in [-0.1, -0.05) is 24.3 Å². The standard InChI is InChI=1S/C20H23N3O3S/c1-2-26-20(25)18-13-23(14-21-18)12-16(24)7-5-11-27-19-10-9-15-6-3-4-8-17(15)22-19/h3-4,6,8-10,13-14,16,24H,2,5,7,11-12H2,1H3. The summed E-state index contributed by atoms with van der Waals surface area (Å²) in [6, 6.07) is 12.2. The molecule has 0 saturated carbocycles. The van der Waals surface area contributed by atoms with Crippen LogP contribution in [0, 0.1) is 0 Å². The molecule has 142 valence electrons. The van der Waals surface area contributed by atoms with Gasteiger partial charge in [-0.15, -0.1) is 11.8 Å². The Kier molecular flexibility index (Phi) is 6.84. The molecule has 3 rings (SSSR count). The molecule has 0 aliphatic carbocycles. The van der Waals surface area contributed by atoms with Gasteiger partial charge >= 0.3 is 5.97 Å². The Hall–Kier alpha value is -2.38. The number of hydrogen-bond acceptors (Lipinski definition) is 6. The van der Waals surface area contributed by atoms with Crippen LogP contribution in [0.2, 0.25) is 0 Å². The van der Waals surface area contributed by atoms with Crippen LogP contribution in [-0.4, -0.2) is 44.1 Å². The summed E-state index contributed by atoms with van der Waals surface area (Å²) >= 11 is 1.69. The molecule has 0 saturated heterocycles. The number of nitrogens with zero attached hydrogens (tertiary/aromatic N) is 3. The van der Waals surface area contributed by atoms with Gasteiger partial charge in [0.1, 0.15) is 0 Å². The van der Waals surface area contributed by atoms with Crippen LogP contribution in [0.15, 0.2) is 53.9 Å². The highest BCUT2D eigenvalue weighted by molar-refractivity contribution is 7.99. The Morgan fingerprint density at radius 2 is 2.15 bits per heavy atom. The van der Waals surface area contributed by atoms with Gasteiger partial charge in [-0.25, -0.2) is 14.8 Å². The molecule has 0 aliphatic rings. The van der Waals surface area contributed by atoms with Crippen LogP contribution < -0.4 is 0 Å². The summed E-state index contributed by atoms with van der Waals surface area (Å²) in [7, 11) is 0. The van der Waals surface area contributed by atoms with Gasteiger partial charge in [-0.05, 0) is 37.7 Å². The van der Waals surface area contributed by atoms with Crippen molar-refractivity contribution in [3.8, 4) is 0 Å². The van der Waals surface area contributed by atoms with Crippen LogP contribution >= 0.6 is 11.8 Å². The summed E-state index contributed by atoms with van der Waals surface area (Å²) < 4.78 is 6.63. The van der Waals surface area contributed by atoms with E-state index in [1.165, 1.54) is 0 Å². The molecule has 0 aliphatic heterocycles. The first kappa shape index (κ1) is 19.4. The molecule has 1 unspecified atom stereocenters. The Labute approximate surface area is 162 Å². The minimum Gasteiger partial charge on any atom is -0.461 e. The maximum atomic E-state index is 11.6. The normalized spacial score (nSPS) is 12.2. The fraction of sp³-hybridized carbons (Fsp3) is 0.350. The van der Waals surface area contributed by atoms with Gasteiger partial charge in [0.2, 0.25) is 0 Å². The van der Waals surface area contributed by atoms with E-state index in [0.717, 1.165) is 28.1 Å². The average Bonchev–Trinajstić information content (AvgIpc) is 3.14. The number of pyridine rings is 1. The fourth-order valence-corrected chi connectivity index (χ4v) is 3.58. The van der Waals surface area contributed by atoms with Crippen molar-refractivity contribution in [1.82, 2.24) is 14.5 Å². The smallest absolute Gasteiger partial charge is 0.358 e. The molecule has 6 nitrogen and oxygen atoms in total. The van der Waals surface area contributed by atoms with E-state index in [9.17, 15) is 9.90 Å². The quantitative estimate of drug-likeness (QED) is 0.345. The molecular formula is C20H23N3O3S. The number of esters is 1. The topological polar surface area (TPSA) is 77.2 Å². The maximum Gasteiger partial charge on any atom is 0.358 e. The first-order valence-electron chi connectivity index (χ1n) is 9.01. The molecule has 2 heterocycles. The second-order valence-corrected chi connectivity index (χ2v) is 7.28. The number of carbonyl (C=O) groups is 1. The summed E-state index contributed by atoms with van der Waals surface area (Å²) in [4.78, 5) is 20.3. The second kappa shape index (κ2) is 9.53. The Morgan fingerprint density at radius 3 is 3.00 bits per heavy atom. The van der Waals surface area contributed by atoms with Crippen molar-refractivity contribution in [2.45, 2.75) is 37.4 Å². The molecule has 0 radical (unpaired) electrons. The lowest BCUT2D eigenvalue weighted by atomic mass is 10.2. The van der Waals surface area contributed by atoms with Gasteiger partial charge in [0.25, 0.3) is 0 Å². The van der Waals surface area contributed by atoms with Crippen LogP contribution in [0.5, 0.6) is 0 Å². The molecule has 1 N–H and O–H groups in total. The van der Waals surface area contributed by atoms with Crippen molar-refractivity contribution >= 4 is 28.6 Å². The van der Waals surface area contributed by atoms with Crippen LogP contribution in [0.4, 0.5) is 0 Å². The molecule has 0 amide bonds. The zero-order chi connectivity index (χ0) is 19.1. The highest BCUT2D eigenvalue weighted by Crippen LogP contribution is 2.21. The van der Waals surface area contributed by atoms with E-state index >= 15 is 0 Å². The second-order valence-electron chi connectivity index (χ2n) is 6.16. The van der Waals surface area contributed by atoms with E-state index in [1.807, 2.05) is 24.3 Å². The van der Waals surface area contributed by atoms with Gasteiger partial charge in [-0.2, -0.15) is 0 Å². The summed E-state index contributed by atoms with van der Waals surface area (Å²) in [5, 5.41) is 12.3. The zero-order valence-electron chi connectivity index (χ0n) is 15.2. The lowest BCUT2D eigenvalue weighted by Crippen LogP contribution is -2.15. The van der Waals surface area contributed by atoms with Crippen LogP contribution in [0.1, 0.15) is 30.3 Å². The number of imidazole rings is 1. The molecule has 1 atom stereocenters. The Balaban J connectivity index is 1.41. The third-order valence-electron chi connectivity index (χ3n) is 4.04. The number of aliphatic hydroxyl groups is 1. The number of benzene rings is 1. The summed E-state index contributed by atoms with van der Waals surface area (Å²) in [5.41, 5.74) is 1.27. The van der Waals surface area contributed by atoms with Crippen molar-refractivity contribution in [2.24, 2.45) is 0 Å². The summed E-state index contributed by atoms with van der Waals surface area (Å²) in [6.07, 6.45) is 4.21. The Bertz CT molecular complexity index is 897. The van der Waals surface area contributed by atoms with E-state index in [-0.39, 0.29) is 5.69 Å². The van der Waals surface area contributed by atoms with E-state index < -0.39 is 12.1 Å². The number of thioether (sulfide) groups is 1. The van der Waals surface area contributed by atoms with Crippen molar-refractivity contribution in [1.29, 1.82) is 0 Å². The van der Waals surface area contributed by atoms with Gasteiger partial charge in [-0.3, -0.25) is 0 Å². The number of para-hydroxylation sites is 1. The Morgan fingerprint density at radius 1 is 1.30 bits per heavy atom. The molecule has 3 aromatic rings. The maximum absolute atomic E-state index is 11.6. The molecule has 0 fully saturated rings. The number of carbonyl (C=O) groups excluding carboxylic acids is 1. The third-order valence-corrected chi connectivity index (χ3v) is 5.06. The van der Waals surface area contributed by atoms with Crippen LogP contribution in [-0.2, 0) is 11.3 Å². The first-order valence-corrected chi connectivity index (χ1v) is 10.00. The monoisotopic (exact) mass is 385 g/mol. The molecular weight excluding hydrogens is 362 g/mol. The van der Waals surface area contributed by atoms with Crippen LogP contribution in [0.25, 0.3) is 10.9 Å². The highest BCUT2D eigenvalue weighted by Gasteiger charge is 2.12. The number of aromatic nitrogens is 3. The predicted octanol–water partition coefficient (Wildman–Crippen LogP) is 3.54. The predicted molar refractivity (Wildman–Crippen MR) is 106 cm³/mol. The lowest BCUT2D eigenvalue weighted by molar-refractivity contribution is 0.0519. The largest absolute Gasteiger partial charge is 0.461 e. The van der Waals surface area contributed by atoms with Gasteiger partial charge in [0.15, 0.2) is 5.69 Å². The van der Waals surface area contributed by atoms with Crippen molar-refractivity contribution in [2.75, 3.05) is 12.4 Å². The fourth-order valence-electron chi connectivity index (χ4n) is 2.73. The van der Waals surface area contributed by atoms with E-state index in [4.69, 9.17) is 4.74 Å². The van der Waals surface area contributed by atoms with Crippen molar-refractivity contribution < 1.29 is 14.6 Å². The lowest BCUT2D eigenvalue weighted by Gasteiger charge is -2.10. The van der Waals surface area contributed by atoms with E-state index in [1.54, 1.807) is 35.8 Å². The number of fused-ring (bicyclic) bond motifs is 1. The van der Waals surface area contributed by atoms with Gasteiger partial charge in [0, 0.05) is 18.1 Å². The van der Waals surface area contributed by atoms with E-state index in [2.05, 4.69) is 22.1 Å². The SMILES string of the molecule is CCOC(=O)c1cn(CC(O)CCCSc2ccc3ccccc3n2)cn1. The molecule has 1 aromatic carbocycles. The van der Waals surface area contributed by atoms with Gasteiger partial charge < -0.3 is 14.4 Å². The first-order chi connectivity index (χ1) is 13.2. The van der Waals surface area contributed by atoms with Crippen LogP contribution in [0.3, 0.4) is 0 Å². The number of ether oxygens (including phenoxy) is 1. The summed E-state index contributed by atoms with van der Waals surface area (Å²) in [6.45, 7) is 2.48. The third kappa shape index (κ3) is 5.55. The van der Waals surface area contributed by atoms with Crippen molar-refractivity contribution in [3.05, 3.63) is 54.6 Å². The molecule has 0 spiro atoms. The minimum atomic E-state index is -0.487. The minimum absolute atomic E-state index is 0.266. The highest BCUT2D eigenvalue weighted by atomic mass is 32.2. The number of aliphatic hydroxyl groups excluding tert-OH is 1. The molecule has 2 aromatic heterocycles. The number of hydrogen-bond donors (Lipinski definition) is 1.